The summed E-state index contributed by atoms with van der Waals surface area (Å²) in [5, 5.41) is 4.54. The molecule has 0 spiro atoms. The summed E-state index contributed by atoms with van der Waals surface area (Å²) in [7, 11) is 0. The van der Waals surface area contributed by atoms with E-state index in [0.29, 0.717) is 0 Å². The summed E-state index contributed by atoms with van der Waals surface area (Å²) in [5.74, 6) is -4.70. The van der Waals surface area contributed by atoms with Gasteiger partial charge < -0.3 is 20.8 Å². The van der Waals surface area contributed by atoms with Crippen LogP contribution in [0.25, 0.3) is 0 Å². The molecular weight excluding hydrogens is 284 g/mol. The molecule has 0 fully saturated rings. The van der Waals surface area contributed by atoms with E-state index in [0.717, 1.165) is 0 Å². The van der Waals surface area contributed by atoms with E-state index in [9.17, 15) is 18.4 Å². The molecule has 1 unspecified atom stereocenters. The van der Waals surface area contributed by atoms with Gasteiger partial charge in [0.25, 0.3) is 11.8 Å². The number of nitrogens with one attached hydrogen (secondary N) is 2. The van der Waals surface area contributed by atoms with Crippen LogP contribution in [0.15, 0.2) is 22.8 Å². The molecular formula is C13H19F2N3O3. The van der Waals surface area contributed by atoms with Crippen LogP contribution >= 0.6 is 0 Å². The normalized spacial score (nSPS) is 13.0. The van der Waals surface area contributed by atoms with Crippen molar-refractivity contribution in [3.05, 3.63) is 24.2 Å². The van der Waals surface area contributed by atoms with Crippen LogP contribution in [0.1, 0.15) is 24.4 Å². The van der Waals surface area contributed by atoms with Gasteiger partial charge in [-0.15, -0.1) is 0 Å². The van der Waals surface area contributed by atoms with Gasteiger partial charge in [-0.3, -0.25) is 9.59 Å². The quantitative estimate of drug-likeness (QED) is 0.692. The van der Waals surface area contributed by atoms with E-state index in [-0.39, 0.29) is 11.7 Å². The van der Waals surface area contributed by atoms with Crippen molar-refractivity contribution in [3.8, 4) is 0 Å². The predicted molar refractivity (Wildman–Crippen MR) is 71.8 cm³/mol. The summed E-state index contributed by atoms with van der Waals surface area (Å²) in [6.45, 7) is 1.64. The molecule has 1 aromatic heterocycles. The van der Waals surface area contributed by atoms with E-state index >= 15 is 0 Å². The zero-order valence-corrected chi connectivity index (χ0v) is 11.9. The van der Waals surface area contributed by atoms with E-state index in [1.54, 1.807) is 13.8 Å². The minimum atomic E-state index is -3.18. The number of nitrogens with two attached hydrogens (primary N) is 1. The second-order valence-corrected chi connectivity index (χ2v) is 4.95. The number of alkyl halides is 2. The molecule has 21 heavy (non-hydrogen) atoms. The summed E-state index contributed by atoms with van der Waals surface area (Å²) in [4.78, 5) is 23.8. The van der Waals surface area contributed by atoms with Crippen molar-refractivity contribution in [2.45, 2.75) is 25.8 Å². The maximum Gasteiger partial charge on any atom is 0.287 e. The number of carbonyl (C=O) groups excluding carboxylic acids is 2. The van der Waals surface area contributed by atoms with Crippen LogP contribution in [-0.2, 0) is 4.79 Å². The molecule has 0 aromatic carbocycles. The van der Waals surface area contributed by atoms with Gasteiger partial charge >= 0.3 is 0 Å². The SMILES string of the molecule is CC(C)C(NC(=O)c1ccco1)C(=O)NCC(F)(F)CN. The Hall–Kier alpha value is -1.96. The fourth-order valence-electron chi connectivity index (χ4n) is 1.55. The summed E-state index contributed by atoms with van der Waals surface area (Å²) in [6.07, 6.45) is 1.32. The van der Waals surface area contributed by atoms with Crippen LogP contribution in [0.5, 0.6) is 0 Å². The van der Waals surface area contributed by atoms with Crippen LogP contribution in [0.4, 0.5) is 8.78 Å². The lowest BCUT2D eigenvalue weighted by Crippen LogP contribution is -2.52. The fourth-order valence-corrected chi connectivity index (χ4v) is 1.55. The molecule has 8 heteroatoms. The Morgan fingerprint density at radius 1 is 1.43 bits per heavy atom. The molecule has 0 aliphatic carbocycles. The summed E-state index contributed by atoms with van der Waals surface area (Å²) in [5.41, 5.74) is 4.89. The van der Waals surface area contributed by atoms with Gasteiger partial charge in [0, 0.05) is 0 Å². The molecule has 2 amide bonds. The number of amides is 2. The maximum atomic E-state index is 13.0. The highest BCUT2D eigenvalue weighted by Crippen LogP contribution is 2.10. The lowest BCUT2D eigenvalue weighted by atomic mass is 10.0. The Morgan fingerprint density at radius 3 is 2.57 bits per heavy atom. The highest BCUT2D eigenvalue weighted by Gasteiger charge is 2.31. The van der Waals surface area contributed by atoms with E-state index < -0.39 is 36.9 Å². The molecule has 1 heterocycles. The van der Waals surface area contributed by atoms with Crippen LogP contribution < -0.4 is 16.4 Å². The molecule has 0 aliphatic heterocycles. The number of hydrogen-bond donors (Lipinski definition) is 3. The maximum absolute atomic E-state index is 13.0. The van der Waals surface area contributed by atoms with Crippen LogP contribution in [0, 0.1) is 5.92 Å². The standard InChI is InChI=1S/C13H19F2N3O3/c1-8(2)10(12(20)17-7-13(14,15)6-16)18-11(19)9-4-3-5-21-9/h3-5,8,10H,6-7,16H2,1-2H3,(H,17,20)(H,18,19). The average molecular weight is 303 g/mol. The van der Waals surface area contributed by atoms with Crippen molar-refractivity contribution in [1.82, 2.24) is 10.6 Å². The minimum Gasteiger partial charge on any atom is -0.459 e. The molecule has 4 N–H and O–H groups in total. The second kappa shape index (κ2) is 7.16. The van der Waals surface area contributed by atoms with Crippen molar-refractivity contribution < 1.29 is 22.8 Å². The summed E-state index contributed by atoms with van der Waals surface area (Å²) in [6, 6.07) is 2.02. The lowest BCUT2D eigenvalue weighted by molar-refractivity contribution is -0.125. The Kier molecular flexibility index (Phi) is 5.83. The molecule has 0 radical (unpaired) electrons. The minimum absolute atomic E-state index is 0.0424. The highest BCUT2D eigenvalue weighted by molar-refractivity contribution is 5.95. The number of halogens is 2. The van der Waals surface area contributed by atoms with Gasteiger partial charge in [-0.25, -0.2) is 8.78 Å². The van der Waals surface area contributed by atoms with Crippen molar-refractivity contribution in [3.63, 3.8) is 0 Å². The lowest BCUT2D eigenvalue weighted by Gasteiger charge is -2.22. The Bertz CT molecular complexity index is 475. The summed E-state index contributed by atoms with van der Waals surface area (Å²) < 4.78 is 30.9. The number of carbonyl (C=O) groups is 2. The monoisotopic (exact) mass is 303 g/mol. The molecule has 1 rings (SSSR count). The van der Waals surface area contributed by atoms with Crippen molar-refractivity contribution in [2.75, 3.05) is 13.1 Å². The highest BCUT2D eigenvalue weighted by atomic mass is 19.3. The van der Waals surface area contributed by atoms with Gasteiger partial charge in [-0.05, 0) is 18.1 Å². The Balaban J connectivity index is 2.64. The van der Waals surface area contributed by atoms with E-state index in [1.165, 1.54) is 18.4 Å². The Labute approximate surface area is 121 Å². The van der Waals surface area contributed by atoms with Gasteiger partial charge in [0.15, 0.2) is 5.76 Å². The van der Waals surface area contributed by atoms with Gasteiger partial charge in [0.2, 0.25) is 5.91 Å². The third-order valence-electron chi connectivity index (χ3n) is 2.80. The number of rotatable bonds is 7. The molecule has 0 saturated heterocycles. The molecule has 1 aromatic rings. The molecule has 0 bridgehead atoms. The zero-order valence-electron chi connectivity index (χ0n) is 11.9. The van der Waals surface area contributed by atoms with Crippen molar-refractivity contribution in [2.24, 2.45) is 11.7 Å². The topological polar surface area (TPSA) is 97.4 Å². The van der Waals surface area contributed by atoms with Gasteiger partial charge in [-0.1, -0.05) is 13.8 Å². The molecule has 118 valence electrons. The van der Waals surface area contributed by atoms with Crippen molar-refractivity contribution in [1.29, 1.82) is 0 Å². The third kappa shape index (κ3) is 5.14. The van der Waals surface area contributed by atoms with E-state index in [1.807, 2.05) is 0 Å². The van der Waals surface area contributed by atoms with Crippen LogP contribution in [-0.4, -0.2) is 36.9 Å². The first-order valence-corrected chi connectivity index (χ1v) is 6.47. The molecule has 0 aliphatic rings. The first-order chi connectivity index (χ1) is 9.76. The van der Waals surface area contributed by atoms with Gasteiger partial charge in [-0.2, -0.15) is 0 Å². The van der Waals surface area contributed by atoms with Crippen molar-refractivity contribution >= 4 is 11.8 Å². The number of hydrogen-bond acceptors (Lipinski definition) is 4. The average Bonchev–Trinajstić information content (AvgIpc) is 2.96. The largest absolute Gasteiger partial charge is 0.459 e. The smallest absolute Gasteiger partial charge is 0.287 e. The summed E-state index contributed by atoms with van der Waals surface area (Å²) >= 11 is 0. The van der Waals surface area contributed by atoms with E-state index in [4.69, 9.17) is 10.2 Å². The Morgan fingerprint density at radius 2 is 2.10 bits per heavy atom. The fraction of sp³-hybridized carbons (Fsp3) is 0.538. The van der Waals surface area contributed by atoms with Gasteiger partial charge in [0.1, 0.15) is 6.04 Å². The number of furan rings is 1. The van der Waals surface area contributed by atoms with Crippen LogP contribution in [0.2, 0.25) is 0 Å². The van der Waals surface area contributed by atoms with Crippen LogP contribution in [0.3, 0.4) is 0 Å². The zero-order chi connectivity index (χ0) is 16.0. The van der Waals surface area contributed by atoms with Gasteiger partial charge in [0.05, 0.1) is 19.4 Å². The second-order valence-electron chi connectivity index (χ2n) is 4.95. The molecule has 6 nitrogen and oxygen atoms in total. The first-order valence-electron chi connectivity index (χ1n) is 6.47. The molecule has 0 saturated carbocycles. The molecule has 1 atom stereocenters. The predicted octanol–water partition coefficient (Wildman–Crippen LogP) is 0.744. The van der Waals surface area contributed by atoms with E-state index in [2.05, 4.69) is 10.6 Å². The third-order valence-corrected chi connectivity index (χ3v) is 2.80. The first kappa shape index (κ1) is 17.1.